The molecular weight excluding hydrogens is 248 g/mol. The van der Waals surface area contributed by atoms with Gasteiger partial charge in [0, 0.05) is 27.3 Å². The van der Waals surface area contributed by atoms with Crippen molar-refractivity contribution in [3.8, 4) is 0 Å². The summed E-state index contributed by atoms with van der Waals surface area (Å²) in [7, 11) is 3.39. The molecule has 0 radical (unpaired) electrons. The highest BCUT2D eigenvalue weighted by Gasteiger charge is 2.25. The molecule has 1 rings (SSSR count). The first-order chi connectivity index (χ1) is 9.11. The second-order valence-electron chi connectivity index (χ2n) is 4.40. The fourth-order valence-electron chi connectivity index (χ4n) is 1.94. The normalized spacial score (nSPS) is 10.7. The molecule has 0 amide bonds. The van der Waals surface area contributed by atoms with Crippen LogP contribution in [0.2, 0.25) is 0 Å². The molecule has 7 nitrogen and oxygen atoms in total. The van der Waals surface area contributed by atoms with Crippen molar-refractivity contribution < 1.29 is 9.66 Å². The van der Waals surface area contributed by atoms with Crippen LogP contribution in [0.3, 0.4) is 0 Å². The van der Waals surface area contributed by atoms with Crippen molar-refractivity contribution in [2.24, 2.45) is 7.05 Å². The summed E-state index contributed by atoms with van der Waals surface area (Å²) < 4.78 is 6.52. The first-order valence-electron chi connectivity index (χ1n) is 6.54. The van der Waals surface area contributed by atoms with Gasteiger partial charge < -0.3 is 10.1 Å². The van der Waals surface area contributed by atoms with Gasteiger partial charge in [-0.2, -0.15) is 5.10 Å². The van der Waals surface area contributed by atoms with Gasteiger partial charge in [-0.15, -0.1) is 0 Å². The van der Waals surface area contributed by atoms with Gasteiger partial charge in [-0.3, -0.25) is 10.1 Å². The zero-order valence-corrected chi connectivity index (χ0v) is 11.8. The van der Waals surface area contributed by atoms with Gasteiger partial charge in [0.15, 0.2) is 0 Å². The third-order valence-corrected chi connectivity index (χ3v) is 2.83. The van der Waals surface area contributed by atoms with E-state index < -0.39 is 0 Å². The highest BCUT2D eigenvalue weighted by Crippen LogP contribution is 2.28. The van der Waals surface area contributed by atoms with E-state index >= 15 is 0 Å². The summed E-state index contributed by atoms with van der Waals surface area (Å²) in [4.78, 5) is 10.8. The molecule has 0 aliphatic heterocycles. The quantitative estimate of drug-likeness (QED) is 0.422. The number of methoxy groups -OCH3 is 1. The Morgan fingerprint density at radius 3 is 2.79 bits per heavy atom. The van der Waals surface area contributed by atoms with E-state index in [9.17, 15) is 10.1 Å². The lowest BCUT2D eigenvalue weighted by Gasteiger charge is -2.05. The van der Waals surface area contributed by atoms with E-state index in [0.29, 0.717) is 31.1 Å². The van der Waals surface area contributed by atoms with E-state index in [-0.39, 0.29) is 10.6 Å². The molecule has 0 aliphatic rings. The van der Waals surface area contributed by atoms with Gasteiger partial charge in [-0.05, 0) is 19.3 Å². The maximum absolute atomic E-state index is 11.2. The van der Waals surface area contributed by atoms with E-state index in [1.165, 1.54) is 0 Å². The van der Waals surface area contributed by atoms with E-state index in [1.807, 2.05) is 6.92 Å². The molecule has 19 heavy (non-hydrogen) atoms. The maximum Gasteiger partial charge on any atom is 0.333 e. The third kappa shape index (κ3) is 4.20. The van der Waals surface area contributed by atoms with E-state index in [1.54, 1.807) is 18.8 Å². The Morgan fingerprint density at radius 2 is 2.21 bits per heavy atom. The standard InChI is InChI=1S/C12H22N4O3/c1-4-7-10-11(16(17)18)12(15(2)14-10)13-8-5-6-9-19-3/h13H,4-9H2,1-3H3. The number of nitro groups is 1. The molecule has 1 aromatic heterocycles. The van der Waals surface area contributed by atoms with Crippen molar-refractivity contribution in [3.63, 3.8) is 0 Å². The van der Waals surface area contributed by atoms with Gasteiger partial charge in [0.05, 0.1) is 4.92 Å². The minimum absolute atomic E-state index is 0.107. The van der Waals surface area contributed by atoms with Crippen LogP contribution < -0.4 is 5.32 Å². The number of aryl methyl sites for hydroxylation is 2. The predicted molar refractivity (Wildman–Crippen MR) is 73.5 cm³/mol. The molecule has 0 saturated carbocycles. The molecule has 0 aromatic carbocycles. The first kappa shape index (κ1) is 15.4. The minimum atomic E-state index is -0.352. The molecule has 0 saturated heterocycles. The highest BCUT2D eigenvalue weighted by molar-refractivity contribution is 5.59. The molecule has 7 heteroatoms. The smallest absolute Gasteiger partial charge is 0.333 e. The van der Waals surface area contributed by atoms with Crippen LogP contribution in [0.25, 0.3) is 0 Å². The predicted octanol–water partition coefficient (Wildman–Crippen LogP) is 2.12. The number of aromatic nitrogens is 2. The van der Waals surface area contributed by atoms with Crippen molar-refractivity contribution in [2.75, 3.05) is 25.6 Å². The number of anilines is 1. The second kappa shape index (κ2) is 7.73. The van der Waals surface area contributed by atoms with Crippen molar-refractivity contribution in [3.05, 3.63) is 15.8 Å². The number of hydrogen-bond acceptors (Lipinski definition) is 5. The van der Waals surface area contributed by atoms with Crippen LogP contribution in [0.5, 0.6) is 0 Å². The van der Waals surface area contributed by atoms with Crippen LogP contribution in [-0.2, 0) is 18.2 Å². The van der Waals surface area contributed by atoms with Crippen LogP contribution in [0, 0.1) is 10.1 Å². The SMILES string of the molecule is CCCc1nn(C)c(NCCCCOC)c1[N+](=O)[O-]. The number of nitrogens with zero attached hydrogens (tertiary/aromatic N) is 3. The Hall–Kier alpha value is -1.63. The van der Waals surface area contributed by atoms with Crippen molar-refractivity contribution in [1.29, 1.82) is 0 Å². The maximum atomic E-state index is 11.2. The molecule has 0 unspecified atom stereocenters. The minimum Gasteiger partial charge on any atom is -0.385 e. The van der Waals surface area contributed by atoms with Crippen LogP contribution in [0.4, 0.5) is 11.5 Å². The van der Waals surface area contributed by atoms with Crippen LogP contribution in [0.15, 0.2) is 0 Å². The zero-order chi connectivity index (χ0) is 14.3. The summed E-state index contributed by atoms with van der Waals surface area (Å²) in [6, 6.07) is 0. The first-order valence-corrected chi connectivity index (χ1v) is 6.54. The molecule has 0 aliphatic carbocycles. The van der Waals surface area contributed by atoms with E-state index in [0.717, 1.165) is 19.3 Å². The van der Waals surface area contributed by atoms with Crippen molar-refractivity contribution in [2.45, 2.75) is 32.6 Å². The average molecular weight is 270 g/mol. The molecule has 108 valence electrons. The lowest BCUT2D eigenvalue weighted by molar-refractivity contribution is -0.384. The van der Waals surface area contributed by atoms with E-state index in [2.05, 4.69) is 10.4 Å². The third-order valence-electron chi connectivity index (χ3n) is 2.83. The molecule has 0 fully saturated rings. The topological polar surface area (TPSA) is 82.2 Å². The molecule has 1 N–H and O–H groups in total. The van der Waals surface area contributed by atoms with Crippen molar-refractivity contribution >= 4 is 11.5 Å². The summed E-state index contributed by atoms with van der Waals surface area (Å²) in [5.41, 5.74) is 0.658. The van der Waals surface area contributed by atoms with Crippen molar-refractivity contribution in [1.82, 2.24) is 9.78 Å². The molecule has 1 heterocycles. The van der Waals surface area contributed by atoms with Gasteiger partial charge in [0.1, 0.15) is 5.69 Å². The second-order valence-corrected chi connectivity index (χ2v) is 4.40. The summed E-state index contributed by atoms with van der Waals surface area (Å²) in [5.74, 6) is 0.492. The summed E-state index contributed by atoms with van der Waals surface area (Å²) >= 11 is 0. The number of unbranched alkanes of at least 4 members (excludes halogenated alkanes) is 1. The Labute approximate surface area is 113 Å². The molecule has 0 spiro atoms. The lowest BCUT2D eigenvalue weighted by atomic mass is 10.2. The van der Waals surface area contributed by atoms with E-state index in [4.69, 9.17) is 4.74 Å². The Morgan fingerprint density at radius 1 is 1.47 bits per heavy atom. The fourth-order valence-corrected chi connectivity index (χ4v) is 1.94. The fraction of sp³-hybridized carbons (Fsp3) is 0.750. The summed E-state index contributed by atoms with van der Waals surface area (Å²) in [6.07, 6.45) is 3.29. The summed E-state index contributed by atoms with van der Waals surface area (Å²) in [6.45, 7) is 3.36. The van der Waals surface area contributed by atoms with Crippen LogP contribution in [-0.4, -0.2) is 35.0 Å². The number of hydrogen-bond donors (Lipinski definition) is 1. The highest BCUT2D eigenvalue weighted by atomic mass is 16.6. The Bertz CT molecular complexity index is 417. The largest absolute Gasteiger partial charge is 0.385 e. The molecule has 0 bridgehead atoms. The lowest BCUT2D eigenvalue weighted by Crippen LogP contribution is -2.08. The summed E-state index contributed by atoms with van der Waals surface area (Å²) in [5, 5.41) is 18.5. The van der Waals surface area contributed by atoms with Gasteiger partial charge in [0.2, 0.25) is 5.82 Å². The number of ether oxygens (including phenoxy) is 1. The van der Waals surface area contributed by atoms with Gasteiger partial charge in [0.25, 0.3) is 0 Å². The van der Waals surface area contributed by atoms with Gasteiger partial charge in [-0.25, -0.2) is 4.68 Å². The molecule has 1 aromatic rings. The zero-order valence-electron chi connectivity index (χ0n) is 11.8. The number of rotatable bonds is 9. The molecule has 0 atom stereocenters. The monoisotopic (exact) mass is 270 g/mol. The Kier molecular flexibility index (Phi) is 6.27. The van der Waals surface area contributed by atoms with Crippen LogP contribution in [0.1, 0.15) is 31.9 Å². The average Bonchev–Trinajstić information content (AvgIpc) is 2.66. The van der Waals surface area contributed by atoms with Gasteiger partial charge >= 0.3 is 5.69 Å². The van der Waals surface area contributed by atoms with Gasteiger partial charge in [-0.1, -0.05) is 13.3 Å². The van der Waals surface area contributed by atoms with Crippen LogP contribution >= 0.6 is 0 Å². The number of nitrogens with one attached hydrogen (secondary N) is 1. The molecular formula is C12H22N4O3. The Balaban J connectivity index is 2.72.